The molecular formula is C25H32F3N5O4. The average Bonchev–Trinajstić information content (AvgIpc) is 2.78. The van der Waals surface area contributed by atoms with E-state index in [-0.39, 0.29) is 48.5 Å². The van der Waals surface area contributed by atoms with Gasteiger partial charge in [0.2, 0.25) is 0 Å². The zero-order valence-electron chi connectivity index (χ0n) is 20.8. The number of nitrogens with zero attached hydrogens (tertiary/aromatic N) is 1. The smallest absolute Gasteiger partial charge is 0.431 e. The van der Waals surface area contributed by atoms with Crippen LogP contribution in [0.2, 0.25) is 0 Å². The molecule has 2 aliphatic rings. The molecule has 0 bridgehead atoms. The third kappa shape index (κ3) is 7.09. The molecule has 7 N–H and O–H groups in total. The van der Waals surface area contributed by atoms with Gasteiger partial charge in [0.15, 0.2) is 5.78 Å². The summed E-state index contributed by atoms with van der Waals surface area (Å²) in [5.74, 6) is -1.88. The molecule has 12 heteroatoms. The predicted octanol–water partition coefficient (Wildman–Crippen LogP) is 3.25. The van der Waals surface area contributed by atoms with Crippen LogP contribution in [0, 0.1) is 5.41 Å². The van der Waals surface area contributed by atoms with Gasteiger partial charge in [-0.3, -0.25) is 19.4 Å². The van der Waals surface area contributed by atoms with Crippen molar-refractivity contribution in [1.29, 1.82) is 0 Å². The first-order valence-corrected chi connectivity index (χ1v) is 12.0. The molecule has 2 aliphatic carbocycles. The summed E-state index contributed by atoms with van der Waals surface area (Å²) < 4.78 is 45.5. The number of nitrogens with two attached hydrogens (primary N) is 3. The maximum Gasteiger partial charge on any atom is 0.431 e. The fourth-order valence-corrected chi connectivity index (χ4v) is 4.70. The Bertz CT molecular complexity index is 1140. The summed E-state index contributed by atoms with van der Waals surface area (Å²) in [6.45, 7) is 3.35. The molecule has 2 saturated carbocycles. The van der Waals surface area contributed by atoms with Crippen LogP contribution in [-0.2, 0) is 14.3 Å². The summed E-state index contributed by atoms with van der Waals surface area (Å²) >= 11 is 0. The number of aliphatic imine (C=N–C) groups is 1. The van der Waals surface area contributed by atoms with Gasteiger partial charge in [-0.1, -0.05) is 13.8 Å². The third-order valence-corrected chi connectivity index (χ3v) is 6.46. The molecule has 0 saturated heterocycles. The van der Waals surface area contributed by atoms with Crippen LogP contribution in [0.3, 0.4) is 0 Å². The molecule has 1 aromatic carbocycles. The van der Waals surface area contributed by atoms with E-state index in [2.05, 4.69) is 10.3 Å². The van der Waals surface area contributed by atoms with Crippen LogP contribution in [0.1, 0.15) is 62.7 Å². The summed E-state index contributed by atoms with van der Waals surface area (Å²) in [6.07, 6.45) is -2.63. The molecule has 0 radical (unpaired) electrons. The normalized spacial score (nSPS) is 24.5. The van der Waals surface area contributed by atoms with Crippen molar-refractivity contribution in [3.8, 4) is 0 Å². The number of hydrogen-bond acceptors (Lipinski definition) is 8. The lowest BCUT2D eigenvalue weighted by molar-refractivity contribution is -0.148. The number of amides is 1. The van der Waals surface area contributed by atoms with Gasteiger partial charge in [-0.2, -0.15) is 13.2 Å². The molecule has 2 fully saturated rings. The summed E-state index contributed by atoms with van der Waals surface area (Å²) in [4.78, 5) is 40.5. The monoisotopic (exact) mass is 523 g/mol. The molecule has 3 rings (SSSR count). The first-order chi connectivity index (χ1) is 17.2. The Kier molecular flexibility index (Phi) is 8.31. The largest absolute Gasteiger partial charge is 0.461 e. The molecule has 1 amide bonds. The molecule has 0 atom stereocenters. The van der Waals surface area contributed by atoms with E-state index in [9.17, 15) is 27.6 Å². The molecule has 0 aromatic heterocycles. The van der Waals surface area contributed by atoms with Crippen LogP contribution < -0.4 is 22.5 Å². The number of Topliss-reactive ketones (excluding diaryl/α,β-unsaturated/α-hetero) is 1. The topological polar surface area (TPSA) is 163 Å². The highest BCUT2D eigenvalue weighted by Gasteiger charge is 2.42. The van der Waals surface area contributed by atoms with Crippen molar-refractivity contribution in [1.82, 2.24) is 0 Å². The number of halogens is 3. The number of anilines is 1. The zero-order chi connectivity index (χ0) is 27.5. The second kappa shape index (κ2) is 10.9. The van der Waals surface area contributed by atoms with E-state index in [0.29, 0.717) is 31.4 Å². The van der Waals surface area contributed by atoms with Crippen LogP contribution in [0.4, 0.5) is 24.5 Å². The Balaban J connectivity index is 1.92. The first-order valence-electron chi connectivity index (χ1n) is 12.0. The molecule has 9 nitrogen and oxygen atoms in total. The van der Waals surface area contributed by atoms with Crippen LogP contribution >= 0.6 is 0 Å². The summed E-state index contributed by atoms with van der Waals surface area (Å²) in [7, 11) is 0. The SMILES string of the molecule is CC1(C)CC(=O)C(=C(N)C(F)(F)F)C(=Nc2ccc(C(N)=O)c(NC3CCC(OC(=O)CN)CC3)c2)C1. The van der Waals surface area contributed by atoms with Gasteiger partial charge in [0.1, 0.15) is 11.8 Å². The lowest BCUT2D eigenvalue weighted by Crippen LogP contribution is -2.36. The van der Waals surface area contributed by atoms with Crippen LogP contribution in [0.25, 0.3) is 0 Å². The van der Waals surface area contributed by atoms with Crippen molar-refractivity contribution in [3.05, 3.63) is 35.0 Å². The highest BCUT2D eigenvalue weighted by molar-refractivity contribution is 6.25. The van der Waals surface area contributed by atoms with E-state index in [4.69, 9.17) is 21.9 Å². The van der Waals surface area contributed by atoms with Crippen molar-refractivity contribution in [3.63, 3.8) is 0 Å². The van der Waals surface area contributed by atoms with E-state index in [1.165, 1.54) is 18.2 Å². The molecule has 0 heterocycles. The predicted molar refractivity (Wildman–Crippen MR) is 132 cm³/mol. The maximum atomic E-state index is 13.4. The summed E-state index contributed by atoms with van der Waals surface area (Å²) in [5, 5.41) is 3.26. The fraction of sp³-hybridized carbons (Fsp3) is 0.520. The van der Waals surface area contributed by atoms with Crippen molar-refractivity contribution in [2.24, 2.45) is 27.6 Å². The molecule has 37 heavy (non-hydrogen) atoms. The van der Waals surface area contributed by atoms with Crippen molar-refractivity contribution >= 4 is 34.7 Å². The van der Waals surface area contributed by atoms with Gasteiger partial charge in [-0.25, -0.2) is 0 Å². The van der Waals surface area contributed by atoms with Crippen molar-refractivity contribution in [2.45, 2.75) is 70.7 Å². The van der Waals surface area contributed by atoms with E-state index in [0.717, 1.165) is 0 Å². The van der Waals surface area contributed by atoms with E-state index in [1.54, 1.807) is 13.8 Å². The van der Waals surface area contributed by atoms with Gasteiger partial charge in [0, 0.05) is 18.2 Å². The number of ether oxygens (including phenoxy) is 1. The van der Waals surface area contributed by atoms with E-state index >= 15 is 0 Å². The number of carbonyl (C=O) groups excluding carboxylic acids is 3. The lowest BCUT2D eigenvalue weighted by Gasteiger charge is -2.32. The van der Waals surface area contributed by atoms with Gasteiger partial charge < -0.3 is 27.3 Å². The van der Waals surface area contributed by atoms with Gasteiger partial charge in [-0.05, 0) is 55.7 Å². The lowest BCUT2D eigenvalue weighted by atomic mass is 9.73. The van der Waals surface area contributed by atoms with Gasteiger partial charge >= 0.3 is 12.1 Å². The summed E-state index contributed by atoms with van der Waals surface area (Å²) in [5.41, 5.74) is 14.2. The second-order valence-corrected chi connectivity index (χ2v) is 10.2. The van der Waals surface area contributed by atoms with Crippen LogP contribution in [0.5, 0.6) is 0 Å². The number of carbonyl (C=O) groups is 3. The highest BCUT2D eigenvalue weighted by atomic mass is 19.4. The number of allylic oxidation sites excluding steroid dienone is 2. The molecule has 202 valence electrons. The first kappa shape index (κ1) is 28.2. The molecule has 0 aliphatic heterocycles. The Morgan fingerprint density at radius 2 is 1.78 bits per heavy atom. The van der Waals surface area contributed by atoms with Crippen molar-refractivity contribution in [2.75, 3.05) is 11.9 Å². The number of primary amides is 1. The van der Waals surface area contributed by atoms with Crippen molar-refractivity contribution < 1.29 is 32.3 Å². The number of rotatable bonds is 6. The van der Waals surface area contributed by atoms with E-state index in [1.807, 2.05) is 0 Å². The Morgan fingerprint density at radius 3 is 2.35 bits per heavy atom. The standard InChI is InChI=1S/C25H32F3N5O4/c1-24(2)10-18(21(19(34)11-24)22(30)25(26,27)28)33-14-5-8-16(23(31)36)17(9-14)32-13-3-6-15(7-4-13)37-20(35)12-29/h5,8-9,13,15,32H,3-4,6-7,10-12,29-30H2,1-2H3,(H2,31,36). The Labute approximate surface area is 212 Å². The van der Waals surface area contributed by atoms with Gasteiger partial charge in [0.05, 0.1) is 29.1 Å². The number of nitrogens with one attached hydrogen (secondary N) is 1. The minimum absolute atomic E-state index is 0.0592. The van der Waals surface area contributed by atoms with Gasteiger partial charge in [-0.15, -0.1) is 0 Å². The Hall–Kier alpha value is -3.41. The van der Waals surface area contributed by atoms with Gasteiger partial charge in [0.25, 0.3) is 5.91 Å². The minimum atomic E-state index is -4.88. The Morgan fingerprint density at radius 1 is 1.14 bits per heavy atom. The number of esters is 1. The maximum absolute atomic E-state index is 13.4. The average molecular weight is 524 g/mol. The molecule has 0 spiro atoms. The number of hydrogen-bond donors (Lipinski definition) is 4. The second-order valence-electron chi connectivity index (χ2n) is 10.2. The summed E-state index contributed by atoms with van der Waals surface area (Å²) in [6, 6.07) is 4.33. The number of ketones is 1. The van der Waals surface area contributed by atoms with Crippen LogP contribution in [0.15, 0.2) is 34.5 Å². The highest BCUT2D eigenvalue weighted by Crippen LogP contribution is 2.39. The molecular weight excluding hydrogens is 491 g/mol. The molecule has 0 unspecified atom stereocenters. The third-order valence-electron chi connectivity index (χ3n) is 6.46. The minimum Gasteiger partial charge on any atom is -0.461 e. The zero-order valence-corrected chi connectivity index (χ0v) is 20.8. The number of benzene rings is 1. The van der Waals surface area contributed by atoms with Crippen LogP contribution in [-0.4, -0.2) is 48.2 Å². The fourth-order valence-electron chi connectivity index (χ4n) is 4.70. The van der Waals surface area contributed by atoms with E-state index < -0.39 is 40.5 Å². The number of alkyl halides is 3. The molecule has 1 aromatic rings. The quantitative estimate of drug-likeness (QED) is 0.328.